The zero-order valence-corrected chi connectivity index (χ0v) is 3.72. The van der Waals surface area contributed by atoms with Crippen LogP contribution in [-0.2, 0) is 21.4 Å². The van der Waals surface area contributed by atoms with Crippen molar-refractivity contribution in [3.05, 3.63) is 0 Å². The van der Waals surface area contributed by atoms with Crippen LogP contribution in [0.1, 0.15) is 0 Å². The Balaban J connectivity index is 2.80. The van der Waals surface area contributed by atoms with Gasteiger partial charge >= 0.3 is 29.0 Å². The predicted molar refractivity (Wildman–Crippen MR) is 5.12 cm³/mol. The van der Waals surface area contributed by atoms with Crippen molar-refractivity contribution in [1.82, 2.24) is 0 Å². The van der Waals surface area contributed by atoms with Gasteiger partial charge in [0.1, 0.15) is 0 Å². The van der Waals surface area contributed by atoms with Crippen LogP contribution in [0.15, 0.2) is 0 Å². The van der Waals surface area contributed by atoms with Crippen LogP contribution < -0.4 is 0 Å². The van der Waals surface area contributed by atoms with Crippen molar-refractivity contribution in [1.29, 1.82) is 0 Å². The quantitative estimate of drug-likeness (QED) is 0.420. The molecule has 0 saturated carbocycles. The summed E-state index contributed by atoms with van der Waals surface area (Å²) in [6, 6.07) is 0. The van der Waals surface area contributed by atoms with Crippen LogP contribution in [-0.4, -0.2) is 7.52 Å². The van der Waals surface area contributed by atoms with Crippen molar-refractivity contribution in [3.63, 3.8) is 0 Å². The Morgan fingerprint density at radius 3 is 1.50 bits per heavy atom. The minimum atomic E-state index is -3.61. The van der Waals surface area contributed by atoms with Crippen LogP contribution in [0.5, 0.6) is 0 Å². The fourth-order valence-electron chi connectivity index (χ4n) is 0. The molecule has 0 unspecified atom stereocenters. The Bertz CT molecular complexity index is 26.3. The second kappa shape index (κ2) is 1.70. The van der Waals surface area contributed by atoms with Gasteiger partial charge in [0.2, 0.25) is 0 Å². The third kappa shape index (κ3) is 28.7. The van der Waals surface area contributed by atoms with E-state index in [0.717, 1.165) is 0 Å². The standard InChI is InChI=1S/Mo.2H2O.O/h;2*1H2;/q+2;;;/p-2. The van der Waals surface area contributed by atoms with Crippen molar-refractivity contribution in [2.75, 3.05) is 0 Å². The average molecular weight is 146 g/mol. The van der Waals surface area contributed by atoms with Gasteiger partial charge in [-0.1, -0.05) is 0 Å². The van der Waals surface area contributed by atoms with Gasteiger partial charge in [-0.15, -0.1) is 0 Å². The van der Waals surface area contributed by atoms with E-state index in [1.807, 2.05) is 0 Å². The summed E-state index contributed by atoms with van der Waals surface area (Å²) in [5.74, 6) is 0. The zero-order chi connectivity index (χ0) is 3.58. The van der Waals surface area contributed by atoms with Crippen molar-refractivity contribution in [3.8, 4) is 0 Å². The van der Waals surface area contributed by atoms with Crippen molar-refractivity contribution in [2.45, 2.75) is 0 Å². The summed E-state index contributed by atoms with van der Waals surface area (Å²) >= 11 is -3.61. The summed E-state index contributed by atoms with van der Waals surface area (Å²) in [6.45, 7) is 0. The molecular formula is H2MoO3. The van der Waals surface area contributed by atoms with Gasteiger partial charge in [0.15, 0.2) is 0 Å². The summed E-state index contributed by atoms with van der Waals surface area (Å²) in [5, 5.41) is 0. The fourth-order valence-corrected chi connectivity index (χ4v) is 0. The monoisotopic (exact) mass is 148 g/mol. The summed E-state index contributed by atoms with van der Waals surface area (Å²) in [6.07, 6.45) is 0. The molecule has 4 heteroatoms. The first-order chi connectivity index (χ1) is 1.73. The molecule has 0 radical (unpaired) electrons. The molecule has 3 nitrogen and oxygen atoms in total. The summed E-state index contributed by atoms with van der Waals surface area (Å²) in [7, 11) is 0. The van der Waals surface area contributed by atoms with E-state index < -0.39 is 18.0 Å². The van der Waals surface area contributed by atoms with E-state index in [1.165, 1.54) is 0 Å². The van der Waals surface area contributed by atoms with Crippen LogP contribution >= 0.6 is 0 Å². The molecule has 2 N–H and O–H groups in total. The Morgan fingerprint density at radius 1 is 1.50 bits per heavy atom. The second-order valence-corrected chi connectivity index (χ2v) is 1.36. The maximum atomic E-state index is 8.81. The van der Waals surface area contributed by atoms with Gasteiger partial charge in [-0.2, -0.15) is 0 Å². The fraction of sp³-hybridized carbons (Fsp3) is 0. The normalized spacial score (nSPS) is 8.75. The van der Waals surface area contributed by atoms with Crippen molar-refractivity contribution >= 4 is 0 Å². The molecule has 0 spiro atoms. The van der Waals surface area contributed by atoms with Crippen molar-refractivity contribution < 1.29 is 29.0 Å². The van der Waals surface area contributed by atoms with Gasteiger partial charge in [0.05, 0.1) is 0 Å². The van der Waals surface area contributed by atoms with Gasteiger partial charge in [0.25, 0.3) is 0 Å². The first-order valence-electron chi connectivity index (χ1n) is 0.532. The van der Waals surface area contributed by atoms with Crippen LogP contribution in [0, 0.1) is 0 Å². The van der Waals surface area contributed by atoms with Gasteiger partial charge in [-0.3, -0.25) is 0 Å². The summed E-state index contributed by atoms with van der Waals surface area (Å²) < 4.78 is 23.3. The Morgan fingerprint density at radius 2 is 1.50 bits per heavy atom. The van der Waals surface area contributed by atoms with Crippen molar-refractivity contribution in [2.24, 2.45) is 0 Å². The topological polar surface area (TPSA) is 57.5 Å². The molecule has 0 aliphatic heterocycles. The number of rotatable bonds is 0. The molecule has 0 atom stereocenters. The molecule has 0 aliphatic carbocycles. The molecule has 0 aromatic heterocycles. The van der Waals surface area contributed by atoms with E-state index in [2.05, 4.69) is 0 Å². The van der Waals surface area contributed by atoms with E-state index in [9.17, 15) is 0 Å². The molecule has 0 saturated heterocycles. The molecule has 0 aromatic carbocycles. The molecule has 0 amide bonds. The average Bonchev–Trinajstić information content (AvgIpc) is 0.811. The van der Waals surface area contributed by atoms with Crippen LogP contribution in [0.3, 0.4) is 0 Å². The SMILES string of the molecule is [O]=[Mo]([OH])[OH]. The summed E-state index contributed by atoms with van der Waals surface area (Å²) in [4.78, 5) is 0. The number of hydrogen-bond donors (Lipinski definition) is 2. The molecule has 0 bridgehead atoms. The number of hydrogen-bond acceptors (Lipinski definition) is 1. The molecule has 0 aromatic rings. The van der Waals surface area contributed by atoms with Gasteiger partial charge in [-0.05, 0) is 0 Å². The third-order valence-corrected chi connectivity index (χ3v) is 0. The molecular weight excluding hydrogens is 144 g/mol. The first kappa shape index (κ1) is 4.41. The maximum absolute atomic E-state index is 8.81. The molecule has 0 rings (SSSR count). The van der Waals surface area contributed by atoms with Crippen LogP contribution in [0.2, 0.25) is 0 Å². The van der Waals surface area contributed by atoms with Gasteiger partial charge < -0.3 is 0 Å². The predicted octanol–water partition coefficient (Wildman–Crippen LogP) is -1.24. The first-order valence-corrected chi connectivity index (χ1v) is 3.15. The Labute approximate surface area is 29.7 Å². The van der Waals surface area contributed by atoms with E-state index >= 15 is 0 Å². The molecule has 4 heavy (non-hydrogen) atoms. The van der Waals surface area contributed by atoms with Crippen LogP contribution in [0.4, 0.5) is 0 Å². The van der Waals surface area contributed by atoms with Gasteiger partial charge in [-0.25, -0.2) is 0 Å². The van der Waals surface area contributed by atoms with E-state index in [0.29, 0.717) is 0 Å². The van der Waals surface area contributed by atoms with E-state index in [-0.39, 0.29) is 0 Å². The van der Waals surface area contributed by atoms with Crippen LogP contribution in [0.25, 0.3) is 0 Å². The second-order valence-electron chi connectivity index (χ2n) is 0.231. The molecule has 26 valence electrons. The Kier molecular flexibility index (Phi) is 1.88. The zero-order valence-electron chi connectivity index (χ0n) is 1.71. The molecule has 0 aliphatic rings. The molecule has 0 fully saturated rings. The van der Waals surface area contributed by atoms with E-state index in [1.54, 1.807) is 0 Å². The minimum absolute atomic E-state index is 3.61. The van der Waals surface area contributed by atoms with E-state index in [4.69, 9.17) is 10.9 Å². The third-order valence-electron chi connectivity index (χ3n) is 0. The summed E-state index contributed by atoms with van der Waals surface area (Å²) in [5.41, 5.74) is 0. The molecule has 0 heterocycles. The Hall–Kier alpha value is 0.408. The van der Waals surface area contributed by atoms with Gasteiger partial charge in [0, 0.05) is 0 Å².